The van der Waals surface area contributed by atoms with Crippen LogP contribution in [0.25, 0.3) is 0 Å². The number of carboxylic acids is 1. The van der Waals surface area contributed by atoms with Crippen LogP contribution in [0.4, 0.5) is 13.2 Å². The summed E-state index contributed by atoms with van der Waals surface area (Å²) < 4.78 is 43.4. The predicted molar refractivity (Wildman–Crippen MR) is 97.3 cm³/mol. The summed E-state index contributed by atoms with van der Waals surface area (Å²) >= 11 is 0. The molecule has 1 aromatic rings. The van der Waals surface area contributed by atoms with Gasteiger partial charge in [0.2, 0.25) is 0 Å². The Hall–Kier alpha value is -1.47. The number of nitrogens with zero attached hydrogens (tertiary/aromatic N) is 1. The van der Waals surface area contributed by atoms with Crippen LogP contribution in [0.1, 0.15) is 37.7 Å². The van der Waals surface area contributed by atoms with E-state index in [0.29, 0.717) is 13.2 Å². The van der Waals surface area contributed by atoms with Crippen molar-refractivity contribution in [3.8, 4) is 5.75 Å². The number of hydrogen-bond donors (Lipinski definition) is 1. The summed E-state index contributed by atoms with van der Waals surface area (Å²) in [6.45, 7) is 2.60. The number of likely N-dealkylation sites (tertiary alicyclic amines) is 1. The Bertz CT molecular complexity index is 655. The van der Waals surface area contributed by atoms with E-state index < -0.39 is 23.1 Å². The predicted octanol–water partition coefficient (Wildman–Crippen LogP) is 4.47. The van der Waals surface area contributed by atoms with Crippen molar-refractivity contribution in [1.82, 2.24) is 4.90 Å². The van der Waals surface area contributed by atoms with Crippen LogP contribution in [-0.2, 0) is 11.0 Å². The van der Waals surface area contributed by atoms with Gasteiger partial charge < -0.3 is 14.7 Å². The van der Waals surface area contributed by atoms with E-state index >= 15 is 0 Å². The Labute approximate surface area is 163 Å². The Morgan fingerprint density at radius 1 is 1.33 bits per heavy atom. The summed E-state index contributed by atoms with van der Waals surface area (Å²) in [5, 5.41) is 9.58. The number of rotatable bonds is 7. The molecular formula is C19H25ClF3NO3. The van der Waals surface area contributed by atoms with E-state index in [0.717, 1.165) is 57.3 Å². The smallest absolute Gasteiger partial charge is 0.416 e. The van der Waals surface area contributed by atoms with Crippen molar-refractivity contribution < 1.29 is 27.8 Å². The van der Waals surface area contributed by atoms with E-state index in [1.165, 1.54) is 12.1 Å². The molecule has 1 heterocycles. The standard InChI is InChI=1S/C19H24F3NO3.ClH/c20-19(21,22)14-5-3-7-16(11-14)26-10-2-1-9-23-12-15-6-4-8-18(15,13-23)17(24)25;/h3,5,7,11,15H,1-2,4,6,8-10,12-13H2,(H,24,25);1H/t15-,18+;/m0./s1. The van der Waals surface area contributed by atoms with Crippen LogP contribution in [0.3, 0.4) is 0 Å². The van der Waals surface area contributed by atoms with E-state index in [9.17, 15) is 23.1 Å². The minimum absolute atomic E-state index is 0. The fourth-order valence-electron chi connectivity index (χ4n) is 4.30. The van der Waals surface area contributed by atoms with Gasteiger partial charge in [0.25, 0.3) is 0 Å². The second-order valence-electron chi connectivity index (χ2n) is 7.37. The molecule has 0 aromatic heterocycles. The lowest BCUT2D eigenvalue weighted by Crippen LogP contribution is -2.35. The second kappa shape index (κ2) is 8.69. The number of halogens is 4. The summed E-state index contributed by atoms with van der Waals surface area (Å²) in [5.41, 5.74) is -1.27. The number of fused-ring (bicyclic) bond motifs is 1. The molecule has 0 spiro atoms. The largest absolute Gasteiger partial charge is 0.494 e. The summed E-state index contributed by atoms with van der Waals surface area (Å²) in [7, 11) is 0. The first kappa shape index (κ1) is 21.8. The molecule has 0 amide bonds. The Morgan fingerprint density at radius 3 is 2.78 bits per heavy atom. The maximum atomic E-state index is 12.7. The molecular weight excluding hydrogens is 383 g/mol. The molecule has 152 valence electrons. The fourth-order valence-corrected chi connectivity index (χ4v) is 4.30. The maximum Gasteiger partial charge on any atom is 0.416 e. The van der Waals surface area contributed by atoms with Crippen molar-refractivity contribution in [2.24, 2.45) is 11.3 Å². The molecule has 1 aliphatic carbocycles. The molecule has 1 saturated carbocycles. The minimum atomic E-state index is -4.37. The molecule has 2 atom stereocenters. The van der Waals surface area contributed by atoms with Crippen molar-refractivity contribution in [2.75, 3.05) is 26.2 Å². The van der Waals surface area contributed by atoms with Crippen LogP contribution in [0.15, 0.2) is 24.3 Å². The first-order valence-electron chi connectivity index (χ1n) is 9.07. The van der Waals surface area contributed by atoms with E-state index in [1.54, 1.807) is 0 Å². The third kappa shape index (κ3) is 4.88. The highest BCUT2D eigenvalue weighted by Gasteiger charge is 2.54. The van der Waals surface area contributed by atoms with Crippen molar-refractivity contribution in [1.29, 1.82) is 0 Å². The molecule has 0 radical (unpaired) electrons. The van der Waals surface area contributed by atoms with Crippen LogP contribution >= 0.6 is 12.4 Å². The van der Waals surface area contributed by atoms with E-state index in [2.05, 4.69) is 4.90 Å². The topological polar surface area (TPSA) is 49.8 Å². The Morgan fingerprint density at radius 2 is 2.11 bits per heavy atom. The number of carbonyl (C=O) groups is 1. The van der Waals surface area contributed by atoms with Crippen molar-refractivity contribution in [3.63, 3.8) is 0 Å². The highest BCUT2D eigenvalue weighted by atomic mass is 35.5. The molecule has 1 aromatic carbocycles. The van der Waals surface area contributed by atoms with Gasteiger partial charge in [0.15, 0.2) is 0 Å². The highest BCUT2D eigenvalue weighted by Crippen LogP contribution is 2.48. The Kier molecular flexibility index (Phi) is 7.03. The molecule has 2 aliphatic rings. The third-order valence-electron chi connectivity index (χ3n) is 5.67. The van der Waals surface area contributed by atoms with Gasteiger partial charge in [0.1, 0.15) is 5.75 Å². The SMILES string of the molecule is Cl.O=C(O)[C@@]12CCC[C@H]1CN(CCCCOc1cccc(C(F)(F)F)c1)C2. The average Bonchev–Trinajstić information content (AvgIpc) is 3.12. The molecule has 8 heteroatoms. The van der Waals surface area contributed by atoms with Crippen molar-refractivity contribution in [2.45, 2.75) is 38.3 Å². The molecule has 0 bridgehead atoms. The summed E-state index contributed by atoms with van der Waals surface area (Å²) in [5.74, 6) is -0.197. The Balaban J connectivity index is 0.00000261. The molecule has 2 fully saturated rings. The van der Waals surface area contributed by atoms with Gasteiger partial charge in [-0.2, -0.15) is 13.2 Å². The van der Waals surface area contributed by atoms with Gasteiger partial charge in [-0.1, -0.05) is 12.5 Å². The lowest BCUT2D eigenvalue weighted by Gasteiger charge is -2.23. The number of carboxylic acid groups (broad SMARTS) is 1. The molecule has 1 N–H and O–H groups in total. The van der Waals surface area contributed by atoms with Crippen LogP contribution in [0, 0.1) is 11.3 Å². The molecule has 0 unspecified atom stereocenters. The lowest BCUT2D eigenvalue weighted by atomic mass is 9.81. The van der Waals surface area contributed by atoms with E-state index in [1.807, 2.05) is 0 Å². The average molecular weight is 408 g/mol. The van der Waals surface area contributed by atoms with Gasteiger partial charge >= 0.3 is 12.1 Å². The number of ether oxygens (including phenoxy) is 1. The van der Waals surface area contributed by atoms with Crippen LogP contribution in [0.5, 0.6) is 5.75 Å². The number of alkyl halides is 3. The van der Waals surface area contributed by atoms with Crippen LogP contribution < -0.4 is 4.74 Å². The number of unbranched alkanes of at least 4 members (excludes halogenated alkanes) is 1. The number of hydrogen-bond acceptors (Lipinski definition) is 3. The molecule has 3 rings (SSSR count). The van der Waals surface area contributed by atoms with E-state index in [-0.39, 0.29) is 24.1 Å². The molecule has 4 nitrogen and oxygen atoms in total. The zero-order chi connectivity index (χ0) is 18.8. The maximum absolute atomic E-state index is 12.7. The summed E-state index contributed by atoms with van der Waals surface area (Å²) in [6, 6.07) is 4.90. The molecule has 1 aliphatic heterocycles. The second-order valence-corrected chi connectivity index (χ2v) is 7.37. The zero-order valence-electron chi connectivity index (χ0n) is 15.0. The van der Waals surface area contributed by atoms with Crippen molar-refractivity contribution >= 4 is 18.4 Å². The van der Waals surface area contributed by atoms with Gasteiger partial charge in [-0.3, -0.25) is 4.79 Å². The van der Waals surface area contributed by atoms with Gasteiger partial charge in [-0.15, -0.1) is 12.4 Å². The van der Waals surface area contributed by atoms with Crippen LogP contribution in [-0.4, -0.2) is 42.2 Å². The summed E-state index contributed by atoms with van der Waals surface area (Å²) in [6.07, 6.45) is -0.0641. The fraction of sp³-hybridized carbons (Fsp3) is 0.632. The normalized spacial score (nSPS) is 25.1. The van der Waals surface area contributed by atoms with Gasteiger partial charge in [-0.25, -0.2) is 0 Å². The van der Waals surface area contributed by atoms with E-state index in [4.69, 9.17) is 4.74 Å². The zero-order valence-corrected chi connectivity index (χ0v) is 15.8. The number of benzene rings is 1. The highest BCUT2D eigenvalue weighted by molar-refractivity contribution is 5.85. The van der Waals surface area contributed by atoms with Gasteiger partial charge in [0, 0.05) is 13.1 Å². The monoisotopic (exact) mass is 407 g/mol. The molecule has 27 heavy (non-hydrogen) atoms. The molecule has 1 saturated heterocycles. The quantitative estimate of drug-likeness (QED) is 0.677. The summed E-state index contributed by atoms with van der Waals surface area (Å²) in [4.78, 5) is 13.9. The third-order valence-corrected chi connectivity index (χ3v) is 5.67. The van der Waals surface area contributed by atoms with Gasteiger partial charge in [0.05, 0.1) is 17.6 Å². The first-order chi connectivity index (χ1) is 12.3. The minimum Gasteiger partial charge on any atom is -0.494 e. The first-order valence-corrected chi connectivity index (χ1v) is 9.07. The number of aliphatic carboxylic acids is 1. The lowest BCUT2D eigenvalue weighted by molar-refractivity contribution is -0.149. The van der Waals surface area contributed by atoms with Crippen molar-refractivity contribution in [3.05, 3.63) is 29.8 Å². The van der Waals surface area contributed by atoms with Gasteiger partial charge in [-0.05, 0) is 56.3 Å². The van der Waals surface area contributed by atoms with Crippen LogP contribution in [0.2, 0.25) is 0 Å².